The van der Waals surface area contributed by atoms with Crippen molar-refractivity contribution in [1.82, 2.24) is 4.98 Å². The lowest BCUT2D eigenvalue weighted by Crippen LogP contribution is -2.20. The van der Waals surface area contributed by atoms with Crippen molar-refractivity contribution in [1.29, 1.82) is 0 Å². The Hall–Kier alpha value is -3.74. The van der Waals surface area contributed by atoms with Crippen molar-refractivity contribution in [3.63, 3.8) is 0 Å². The molecule has 2 aromatic carbocycles. The highest BCUT2D eigenvalue weighted by molar-refractivity contribution is 5.93. The predicted octanol–water partition coefficient (Wildman–Crippen LogP) is 4.57. The lowest BCUT2D eigenvalue weighted by molar-refractivity contribution is -0.119. The molecule has 3 aromatic rings. The Morgan fingerprint density at radius 1 is 1.18 bits per heavy atom. The third-order valence-corrected chi connectivity index (χ3v) is 6.55. The van der Waals surface area contributed by atoms with Gasteiger partial charge in [0.1, 0.15) is 40.8 Å². The largest absolute Gasteiger partial charge is 0.489 e. The van der Waals surface area contributed by atoms with Gasteiger partial charge >= 0.3 is 0 Å². The Labute approximate surface area is 189 Å². The molecule has 1 aliphatic carbocycles. The second-order valence-corrected chi connectivity index (χ2v) is 8.81. The standard InChI is InChI=1S/C26H21FN2O4/c27-15-3-1-2-14(10-15)11-16(30)12-20-24-19-13-17(4-6-21(19)33-25(20)24)32-22-8-9-28-26-18(22)5-7-23(31)29-26/h1-4,6,8-10,13,20,24-25H,5,7,11-12H2,(H,28,29,31)/t20-,24-,25+/m0/s1. The summed E-state index contributed by atoms with van der Waals surface area (Å²) in [5.74, 6) is 2.76. The van der Waals surface area contributed by atoms with Crippen LogP contribution in [0.25, 0.3) is 0 Å². The third-order valence-electron chi connectivity index (χ3n) is 6.55. The number of benzene rings is 2. The van der Waals surface area contributed by atoms with Gasteiger partial charge in [0.05, 0.1) is 0 Å². The van der Waals surface area contributed by atoms with Crippen LogP contribution < -0.4 is 14.8 Å². The van der Waals surface area contributed by atoms with Crippen LogP contribution in [-0.2, 0) is 22.4 Å². The molecule has 2 aliphatic heterocycles. The van der Waals surface area contributed by atoms with Crippen LogP contribution in [0.15, 0.2) is 54.7 Å². The van der Waals surface area contributed by atoms with Crippen LogP contribution in [0.4, 0.5) is 10.2 Å². The Bertz CT molecular complexity index is 1290. The summed E-state index contributed by atoms with van der Waals surface area (Å²) < 4.78 is 25.6. The normalized spacial score (nSPS) is 21.8. The molecule has 6 rings (SSSR count). The van der Waals surface area contributed by atoms with E-state index in [2.05, 4.69) is 10.3 Å². The van der Waals surface area contributed by atoms with E-state index in [1.54, 1.807) is 24.4 Å². The minimum absolute atomic E-state index is 0.00982. The summed E-state index contributed by atoms with van der Waals surface area (Å²) in [6.45, 7) is 0. The van der Waals surface area contributed by atoms with E-state index in [4.69, 9.17) is 9.47 Å². The van der Waals surface area contributed by atoms with Crippen molar-refractivity contribution in [2.24, 2.45) is 5.92 Å². The summed E-state index contributed by atoms with van der Waals surface area (Å²) in [4.78, 5) is 28.4. The second kappa shape index (κ2) is 7.69. The molecule has 0 saturated heterocycles. The second-order valence-electron chi connectivity index (χ2n) is 8.81. The number of hydrogen-bond acceptors (Lipinski definition) is 5. The van der Waals surface area contributed by atoms with E-state index in [0.29, 0.717) is 42.1 Å². The number of Topliss-reactive ketones (excluding diaryl/α,β-unsaturated/α-hetero) is 1. The van der Waals surface area contributed by atoms with Crippen LogP contribution in [-0.4, -0.2) is 22.8 Å². The van der Waals surface area contributed by atoms with E-state index in [9.17, 15) is 14.0 Å². The minimum atomic E-state index is -0.328. The first-order chi connectivity index (χ1) is 16.0. The van der Waals surface area contributed by atoms with Gasteiger partial charge in [-0.2, -0.15) is 0 Å². The number of hydrogen-bond donors (Lipinski definition) is 1. The number of nitrogens with zero attached hydrogens (tertiary/aromatic N) is 1. The van der Waals surface area contributed by atoms with Gasteiger partial charge in [-0.05, 0) is 48.4 Å². The third kappa shape index (κ3) is 3.73. The van der Waals surface area contributed by atoms with Crippen molar-refractivity contribution in [3.05, 3.63) is 77.2 Å². The molecule has 0 radical (unpaired) electrons. The summed E-state index contributed by atoms with van der Waals surface area (Å²) in [6, 6.07) is 13.7. The quantitative estimate of drug-likeness (QED) is 0.603. The molecule has 7 heteroatoms. The van der Waals surface area contributed by atoms with Crippen LogP contribution in [0.2, 0.25) is 0 Å². The number of fused-ring (bicyclic) bond motifs is 4. The van der Waals surface area contributed by atoms with Crippen LogP contribution >= 0.6 is 0 Å². The molecule has 0 bridgehead atoms. The predicted molar refractivity (Wildman–Crippen MR) is 118 cm³/mol. The number of ketones is 1. The first kappa shape index (κ1) is 19.9. The van der Waals surface area contributed by atoms with E-state index in [0.717, 1.165) is 16.9 Å². The van der Waals surface area contributed by atoms with Crippen molar-refractivity contribution in [2.45, 2.75) is 37.7 Å². The number of carbonyl (C=O) groups is 2. The van der Waals surface area contributed by atoms with Crippen molar-refractivity contribution < 1.29 is 23.5 Å². The van der Waals surface area contributed by atoms with Gasteiger partial charge in [0.2, 0.25) is 5.91 Å². The lowest BCUT2D eigenvalue weighted by atomic mass is 10.0. The number of ether oxygens (including phenoxy) is 2. The Kier molecular flexibility index (Phi) is 4.64. The van der Waals surface area contributed by atoms with Gasteiger partial charge in [-0.1, -0.05) is 12.1 Å². The van der Waals surface area contributed by atoms with Gasteiger partial charge in [-0.15, -0.1) is 0 Å². The number of anilines is 1. The van der Waals surface area contributed by atoms with E-state index >= 15 is 0 Å². The monoisotopic (exact) mass is 444 g/mol. The fourth-order valence-electron chi connectivity index (χ4n) is 4.95. The average Bonchev–Trinajstić information content (AvgIpc) is 3.30. The van der Waals surface area contributed by atoms with Gasteiger partial charge in [0, 0.05) is 48.4 Å². The summed E-state index contributed by atoms with van der Waals surface area (Å²) in [5.41, 5.74) is 2.64. The Morgan fingerprint density at radius 2 is 2.09 bits per heavy atom. The first-order valence-electron chi connectivity index (χ1n) is 11.1. The lowest BCUT2D eigenvalue weighted by Gasteiger charge is -2.19. The molecule has 166 valence electrons. The van der Waals surface area contributed by atoms with Crippen LogP contribution in [0, 0.1) is 11.7 Å². The van der Waals surface area contributed by atoms with Crippen LogP contribution in [0.5, 0.6) is 17.2 Å². The molecule has 3 heterocycles. The molecular weight excluding hydrogens is 423 g/mol. The summed E-state index contributed by atoms with van der Waals surface area (Å²) in [5, 5.41) is 2.78. The van der Waals surface area contributed by atoms with E-state index < -0.39 is 0 Å². The molecule has 1 N–H and O–H groups in total. The summed E-state index contributed by atoms with van der Waals surface area (Å²) in [7, 11) is 0. The Morgan fingerprint density at radius 3 is 2.97 bits per heavy atom. The van der Waals surface area contributed by atoms with Crippen LogP contribution in [0.1, 0.15) is 35.4 Å². The number of carbonyl (C=O) groups excluding carboxylic acids is 2. The van der Waals surface area contributed by atoms with Crippen LogP contribution in [0.3, 0.4) is 0 Å². The zero-order valence-electron chi connectivity index (χ0n) is 17.7. The first-order valence-corrected chi connectivity index (χ1v) is 11.1. The van der Waals surface area contributed by atoms with Gasteiger partial charge < -0.3 is 14.8 Å². The van der Waals surface area contributed by atoms with Crippen molar-refractivity contribution in [3.8, 4) is 17.2 Å². The number of amides is 1. The SMILES string of the molecule is O=C(Cc1cccc(F)c1)C[C@@H]1[C@H]2Oc3ccc(Oc4ccnc5c4CCC(=O)N5)cc3[C@@H]12. The maximum Gasteiger partial charge on any atom is 0.225 e. The van der Waals surface area contributed by atoms with Gasteiger partial charge in [0.25, 0.3) is 0 Å². The van der Waals surface area contributed by atoms with Crippen molar-refractivity contribution >= 4 is 17.5 Å². The highest BCUT2D eigenvalue weighted by atomic mass is 19.1. The fraction of sp³-hybridized carbons (Fsp3) is 0.269. The molecule has 0 spiro atoms. The molecule has 1 saturated carbocycles. The smallest absolute Gasteiger partial charge is 0.225 e. The molecular formula is C26H21FN2O4. The van der Waals surface area contributed by atoms with Crippen molar-refractivity contribution in [2.75, 3.05) is 5.32 Å². The average molecular weight is 444 g/mol. The number of pyridine rings is 1. The van der Waals surface area contributed by atoms with E-state index in [1.807, 2.05) is 18.2 Å². The number of nitrogens with one attached hydrogen (secondary N) is 1. The molecule has 1 fully saturated rings. The number of aromatic nitrogens is 1. The summed E-state index contributed by atoms with van der Waals surface area (Å²) >= 11 is 0. The number of rotatable bonds is 6. The summed E-state index contributed by atoms with van der Waals surface area (Å²) in [6.07, 6.45) is 3.26. The zero-order chi connectivity index (χ0) is 22.5. The molecule has 3 aliphatic rings. The van der Waals surface area contributed by atoms with Gasteiger partial charge in [-0.3, -0.25) is 9.59 Å². The molecule has 33 heavy (non-hydrogen) atoms. The topological polar surface area (TPSA) is 77.5 Å². The Balaban J connectivity index is 1.15. The maximum absolute atomic E-state index is 13.4. The minimum Gasteiger partial charge on any atom is -0.489 e. The zero-order valence-corrected chi connectivity index (χ0v) is 17.7. The molecule has 6 nitrogen and oxygen atoms in total. The highest BCUT2D eigenvalue weighted by Crippen LogP contribution is 2.60. The van der Waals surface area contributed by atoms with Gasteiger partial charge in [-0.25, -0.2) is 9.37 Å². The van der Waals surface area contributed by atoms with Gasteiger partial charge in [0.15, 0.2) is 0 Å². The molecule has 1 amide bonds. The van der Waals surface area contributed by atoms with E-state index in [-0.39, 0.29) is 41.9 Å². The van der Waals surface area contributed by atoms with E-state index in [1.165, 1.54) is 12.1 Å². The molecule has 0 unspecified atom stereocenters. The number of halogens is 1. The molecule has 3 atom stereocenters. The maximum atomic E-state index is 13.4. The molecule has 1 aromatic heterocycles. The fourth-order valence-corrected chi connectivity index (χ4v) is 4.95. The highest BCUT2D eigenvalue weighted by Gasteiger charge is 2.59.